The molecule has 1 aliphatic rings. The van der Waals surface area contributed by atoms with E-state index in [1.54, 1.807) is 11.8 Å². The van der Waals surface area contributed by atoms with Crippen LogP contribution in [-0.2, 0) is 9.53 Å². The van der Waals surface area contributed by atoms with Crippen LogP contribution in [0.3, 0.4) is 0 Å². The van der Waals surface area contributed by atoms with Crippen molar-refractivity contribution in [3.05, 3.63) is 41.6 Å². The predicted octanol–water partition coefficient (Wildman–Crippen LogP) is 2.93. The lowest BCUT2D eigenvalue weighted by Crippen LogP contribution is -2.44. The molecule has 1 aliphatic heterocycles. The van der Waals surface area contributed by atoms with Crippen LogP contribution in [0.5, 0.6) is 0 Å². The zero-order valence-corrected chi connectivity index (χ0v) is 17.6. The van der Waals surface area contributed by atoms with E-state index >= 15 is 0 Å². The molecule has 8 nitrogen and oxygen atoms in total. The number of halogens is 1. The standard InChI is InChI=1S/C21H24ClN5O3/c1-2-30-19(28)14-23-21(29)26-9-4-8-25(11-12-26)20-18-5-3-10-27(18)17-7-6-15(22)13-16(17)24-20/h3,5-7,10,13H,2,4,8-9,11-12,14H2,1H3,(H,23,29). The molecule has 0 bridgehead atoms. The van der Waals surface area contributed by atoms with Gasteiger partial charge in [0.15, 0.2) is 5.82 Å². The molecule has 2 amide bonds. The molecule has 158 valence electrons. The Bertz CT molecular complexity index is 1080. The van der Waals surface area contributed by atoms with Gasteiger partial charge in [-0.05, 0) is 43.7 Å². The van der Waals surface area contributed by atoms with Crippen LogP contribution in [0.2, 0.25) is 5.02 Å². The summed E-state index contributed by atoms with van der Waals surface area (Å²) >= 11 is 6.19. The Morgan fingerprint density at radius 3 is 2.87 bits per heavy atom. The molecule has 1 fully saturated rings. The van der Waals surface area contributed by atoms with Crippen molar-refractivity contribution in [2.24, 2.45) is 0 Å². The average Bonchev–Trinajstić information content (AvgIpc) is 3.09. The number of nitrogens with one attached hydrogen (secondary N) is 1. The summed E-state index contributed by atoms with van der Waals surface area (Å²) < 4.78 is 6.97. The lowest BCUT2D eigenvalue weighted by Gasteiger charge is -2.24. The number of rotatable bonds is 4. The Morgan fingerprint density at radius 1 is 1.17 bits per heavy atom. The molecule has 0 saturated carbocycles. The van der Waals surface area contributed by atoms with E-state index in [0.29, 0.717) is 31.3 Å². The van der Waals surface area contributed by atoms with Crippen molar-refractivity contribution in [3.63, 3.8) is 0 Å². The molecule has 1 saturated heterocycles. The van der Waals surface area contributed by atoms with Crippen LogP contribution in [0.25, 0.3) is 16.6 Å². The third-order valence-electron chi connectivity index (χ3n) is 5.17. The van der Waals surface area contributed by atoms with E-state index < -0.39 is 5.97 Å². The van der Waals surface area contributed by atoms with Gasteiger partial charge in [0.05, 0.1) is 23.2 Å². The predicted molar refractivity (Wildman–Crippen MR) is 116 cm³/mol. The first kappa shape index (κ1) is 20.3. The largest absolute Gasteiger partial charge is 0.465 e. The van der Waals surface area contributed by atoms with E-state index in [1.807, 2.05) is 36.5 Å². The van der Waals surface area contributed by atoms with Crippen LogP contribution in [-0.4, -0.2) is 65.6 Å². The second-order valence-electron chi connectivity index (χ2n) is 7.12. The van der Waals surface area contributed by atoms with E-state index in [0.717, 1.165) is 35.3 Å². The molecule has 0 aliphatic carbocycles. The summed E-state index contributed by atoms with van der Waals surface area (Å²) in [7, 11) is 0. The van der Waals surface area contributed by atoms with Crippen molar-refractivity contribution in [1.82, 2.24) is 19.6 Å². The van der Waals surface area contributed by atoms with E-state index in [4.69, 9.17) is 21.3 Å². The number of amides is 2. The highest BCUT2D eigenvalue weighted by Crippen LogP contribution is 2.27. The number of urea groups is 1. The third-order valence-corrected chi connectivity index (χ3v) is 5.41. The number of nitrogens with zero attached hydrogens (tertiary/aromatic N) is 4. The van der Waals surface area contributed by atoms with Crippen LogP contribution >= 0.6 is 11.6 Å². The molecule has 30 heavy (non-hydrogen) atoms. The summed E-state index contributed by atoms with van der Waals surface area (Å²) in [5, 5.41) is 3.28. The second-order valence-corrected chi connectivity index (χ2v) is 7.56. The van der Waals surface area contributed by atoms with Gasteiger partial charge in [-0.2, -0.15) is 0 Å². The van der Waals surface area contributed by atoms with Gasteiger partial charge in [-0.1, -0.05) is 11.6 Å². The van der Waals surface area contributed by atoms with E-state index in [-0.39, 0.29) is 12.6 Å². The zero-order chi connectivity index (χ0) is 21.1. The van der Waals surface area contributed by atoms with Gasteiger partial charge in [0.1, 0.15) is 6.54 Å². The van der Waals surface area contributed by atoms with Crippen LogP contribution in [0.4, 0.5) is 10.6 Å². The Labute approximate surface area is 179 Å². The summed E-state index contributed by atoms with van der Waals surface area (Å²) in [6.45, 7) is 4.49. The molecule has 3 heterocycles. The Hall–Kier alpha value is -3.00. The molecule has 9 heteroatoms. The van der Waals surface area contributed by atoms with Crippen molar-refractivity contribution in [3.8, 4) is 0 Å². The lowest BCUT2D eigenvalue weighted by atomic mass is 10.2. The molecule has 1 N–H and O–H groups in total. The maximum atomic E-state index is 12.4. The molecule has 0 unspecified atom stereocenters. The maximum Gasteiger partial charge on any atom is 0.325 e. The van der Waals surface area contributed by atoms with E-state index in [2.05, 4.69) is 14.6 Å². The first-order chi connectivity index (χ1) is 14.6. The molecule has 3 aromatic rings. The number of aromatic nitrogens is 2. The molecule has 0 radical (unpaired) electrons. The molecular formula is C21H24ClN5O3. The number of hydrogen-bond donors (Lipinski definition) is 1. The third kappa shape index (κ3) is 4.14. The number of anilines is 1. The van der Waals surface area contributed by atoms with Gasteiger partial charge in [0, 0.05) is 37.4 Å². The van der Waals surface area contributed by atoms with E-state index in [9.17, 15) is 9.59 Å². The van der Waals surface area contributed by atoms with Crippen molar-refractivity contribution in [2.75, 3.05) is 44.2 Å². The normalized spacial score (nSPS) is 14.7. The van der Waals surface area contributed by atoms with Crippen molar-refractivity contribution < 1.29 is 14.3 Å². The quantitative estimate of drug-likeness (QED) is 0.645. The fourth-order valence-corrected chi connectivity index (χ4v) is 3.94. The van der Waals surface area contributed by atoms with Gasteiger partial charge in [-0.15, -0.1) is 0 Å². The first-order valence-corrected chi connectivity index (χ1v) is 10.4. The molecule has 4 rings (SSSR count). The van der Waals surface area contributed by atoms with Crippen LogP contribution in [0, 0.1) is 0 Å². The molecule has 2 aromatic heterocycles. The summed E-state index contributed by atoms with van der Waals surface area (Å²) in [4.78, 5) is 32.7. The van der Waals surface area contributed by atoms with Crippen molar-refractivity contribution in [1.29, 1.82) is 0 Å². The average molecular weight is 430 g/mol. The van der Waals surface area contributed by atoms with Crippen LogP contribution < -0.4 is 10.2 Å². The zero-order valence-electron chi connectivity index (χ0n) is 16.8. The van der Waals surface area contributed by atoms with Gasteiger partial charge in [-0.3, -0.25) is 4.79 Å². The Morgan fingerprint density at radius 2 is 2.03 bits per heavy atom. The highest BCUT2D eigenvalue weighted by atomic mass is 35.5. The van der Waals surface area contributed by atoms with Gasteiger partial charge < -0.3 is 24.3 Å². The van der Waals surface area contributed by atoms with Crippen LogP contribution in [0.1, 0.15) is 13.3 Å². The van der Waals surface area contributed by atoms with Crippen molar-refractivity contribution >= 4 is 46.0 Å². The minimum Gasteiger partial charge on any atom is -0.465 e. The van der Waals surface area contributed by atoms with Gasteiger partial charge in [0.2, 0.25) is 0 Å². The van der Waals surface area contributed by atoms with Gasteiger partial charge in [-0.25, -0.2) is 9.78 Å². The topological polar surface area (TPSA) is 79.2 Å². The highest BCUT2D eigenvalue weighted by molar-refractivity contribution is 6.31. The number of hydrogen-bond acceptors (Lipinski definition) is 5. The molecular weight excluding hydrogens is 406 g/mol. The first-order valence-electron chi connectivity index (χ1n) is 10.1. The lowest BCUT2D eigenvalue weighted by molar-refractivity contribution is -0.141. The number of benzene rings is 1. The monoisotopic (exact) mass is 429 g/mol. The fourth-order valence-electron chi connectivity index (χ4n) is 3.77. The fraction of sp³-hybridized carbons (Fsp3) is 0.381. The van der Waals surface area contributed by atoms with Crippen LogP contribution in [0.15, 0.2) is 36.5 Å². The highest BCUT2D eigenvalue weighted by Gasteiger charge is 2.22. The SMILES string of the molecule is CCOC(=O)CNC(=O)N1CCCN(c2nc3cc(Cl)ccc3n3cccc23)CC1. The summed E-state index contributed by atoms with van der Waals surface area (Å²) in [6, 6.07) is 9.50. The number of carbonyl (C=O) groups excluding carboxylic acids is 2. The number of ether oxygens (including phenoxy) is 1. The number of carbonyl (C=O) groups is 2. The second kappa shape index (κ2) is 8.79. The summed E-state index contributed by atoms with van der Waals surface area (Å²) in [5.74, 6) is 0.445. The Balaban J connectivity index is 1.51. The molecule has 0 atom stereocenters. The minimum atomic E-state index is -0.433. The maximum absolute atomic E-state index is 12.4. The minimum absolute atomic E-state index is 0.120. The molecule has 0 spiro atoms. The van der Waals surface area contributed by atoms with Gasteiger partial charge in [0.25, 0.3) is 0 Å². The smallest absolute Gasteiger partial charge is 0.325 e. The summed E-state index contributed by atoms with van der Waals surface area (Å²) in [6.07, 6.45) is 2.82. The molecule has 1 aromatic carbocycles. The van der Waals surface area contributed by atoms with Gasteiger partial charge >= 0.3 is 12.0 Å². The number of fused-ring (bicyclic) bond motifs is 3. The Kier molecular flexibility index (Phi) is 5.94. The summed E-state index contributed by atoms with van der Waals surface area (Å²) in [5.41, 5.74) is 2.84. The van der Waals surface area contributed by atoms with E-state index in [1.165, 1.54) is 0 Å². The van der Waals surface area contributed by atoms with Crippen molar-refractivity contribution in [2.45, 2.75) is 13.3 Å². The number of esters is 1.